The van der Waals surface area contributed by atoms with Crippen LogP contribution in [-0.4, -0.2) is 11.4 Å². The third kappa shape index (κ3) is 1.47. The van der Waals surface area contributed by atoms with Crippen LogP contribution in [0.4, 0.5) is 0 Å². The van der Waals surface area contributed by atoms with Gasteiger partial charge in [-0.25, -0.2) is 0 Å². The third-order valence-electron chi connectivity index (χ3n) is 1.16. The zero-order chi connectivity index (χ0) is 7.56. The molecule has 0 atom stereocenters. The van der Waals surface area contributed by atoms with Crippen molar-refractivity contribution in [3.05, 3.63) is 22.7 Å². The van der Waals surface area contributed by atoms with E-state index in [2.05, 4.69) is 15.9 Å². The van der Waals surface area contributed by atoms with Crippen LogP contribution in [0.3, 0.4) is 0 Å². The summed E-state index contributed by atoms with van der Waals surface area (Å²) in [5, 5.41) is 9.17. The van der Waals surface area contributed by atoms with Gasteiger partial charge >= 0.3 is 0 Å². The normalized spacial score (nSPS) is 9.80. The van der Waals surface area contributed by atoms with Crippen LogP contribution >= 0.6 is 27.7 Å². The molecule has 0 fully saturated rings. The smallest absolute Gasteiger partial charge is 0.130 e. The zero-order valence-corrected chi connectivity index (χ0v) is 7.87. The Morgan fingerprint density at radius 2 is 2.20 bits per heavy atom. The third-order valence-corrected chi connectivity index (χ3v) is 3.04. The molecule has 0 aliphatic rings. The molecule has 1 aromatic carbocycles. The molecule has 0 bridgehead atoms. The van der Waals surface area contributed by atoms with E-state index in [1.54, 1.807) is 17.8 Å². The van der Waals surface area contributed by atoms with Crippen LogP contribution in [0.1, 0.15) is 0 Å². The van der Waals surface area contributed by atoms with Crippen molar-refractivity contribution >= 4 is 27.7 Å². The first-order valence-corrected chi connectivity index (χ1v) is 4.79. The zero-order valence-electron chi connectivity index (χ0n) is 5.47. The summed E-state index contributed by atoms with van der Waals surface area (Å²) >= 11 is 4.87. The van der Waals surface area contributed by atoms with Gasteiger partial charge < -0.3 is 5.11 Å². The Kier molecular flexibility index (Phi) is 2.63. The Hall–Kier alpha value is -0.150. The van der Waals surface area contributed by atoms with Gasteiger partial charge in [0.2, 0.25) is 0 Å². The van der Waals surface area contributed by atoms with E-state index >= 15 is 0 Å². The molecule has 0 aliphatic carbocycles. The number of rotatable bonds is 1. The van der Waals surface area contributed by atoms with Crippen molar-refractivity contribution in [2.75, 3.05) is 6.26 Å². The number of thioether (sulfide) groups is 1. The summed E-state index contributed by atoms with van der Waals surface area (Å²) in [4.78, 5) is 1.06. The number of phenolic OH excluding ortho intramolecular Hbond substituents is 1. The fourth-order valence-electron chi connectivity index (χ4n) is 0.657. The van der Waals surface area contributed by atoms with Crippen molar-refractivity contribution < 1.29 is 5.11 Å². The van der Waals surface area contributed by atoms with E-state index in [-0.39, 0.29) is 0 Å². The predicted octanol–water partition coefficient (Wildman–Crippen LogP) is 2.88. The summed E-state index contributed by atoms with van der Waals surface area (Å²) in [6, 6.07) is 5.43. The fraction of sp³-hybridized carbons (Fsp3) is 0.143. The maximum absolute atomic E-state index is 9.17. The lowest BCUT2D eigenvalue weighted by atomic mass is 10.3. The summed E-state index contributed by atoms with van der Waals surface area (Å²) in [6.07, 6.45) is 1.97. The molecular formula is C7H7BrOS. The lowest BCUT2D eigenvalue weighted by molar-refractivity contribution is 0.470. The van der Waals surface area contributed by atoms with Crippen LogP contribution in [-0.2, 0) is 0 Å². The van der Waals surface area contributed by atoms with Crippen LogP contribution < -0.4 is 0 Å². The molecule has 1 N–H and O–H groups in total. The molecule has 0 radical (unpaired) electrons. The van der Waals surface area contributed by atoms with E-state index in [0.717, 1.165) is 9.37 Å². The monoisotopic (exact) mass is 218 g/mol. The Bertz CT molecular complexity index is 237. The molecule has 1 rings (SSSR count). The highest BCUT2D eigenvalue weighted by molar-refractivity contribution is 9.10. The molecule has 0 saturated carbocycles. The van der Waals surface area contributed by atoms with Crippen molar-refractivity contribution in [1.29, 1.82) is 0 Å². The Morgan fingerprint density at radius 1 is 1.50 bits per heavy atom. The van der Waals surface area contributed by atoms with E-state index < -0.39 is 0 Å². The van der Waals surface area contributed by atoms with E-state index in [0.29, 0.717) is 5.75 Å². The van der Waals surface area contributed by atoms with Gasteiger partial charge in [0.25, 0.3) is 0 Å². The SMILES string of the molecule is CSc1cccc(O)c1Br. The molecule has 0 amide bonds. The van der Waals surface area contributed by atoms with Crippen LogP contribution in [0.2, 0.25) is 0 Å². The summed E-state index contributed by atoms with van der Waals surface area (Å²) in [5.41, 5.74) is 0. The molecule has 0 aliphatic heterocycles. The molecule has 10 heavy (non-hydrogen) atoms. The molecule has 54 valence electrons. The first-order valence-electron chi connectivity index (χ1n) is 2.77. The van der Waals surface area contributed by atoms with Crippen molar-refractivity contribution in [2.45, 2.75) is 4.90 Å². The highest BCUT2D eigenvalue weighted by Gasteiger charge is 2.00. The second kappa shape index (κ2) is 3.30. The summed E-state index contributed by atoms with van der Waals surface area (Å²) in [7, 11) is 0. The van der Waals surface area contributed by atoms with E-state index in [1.165, 1.54) is 0 Å². The van der Waals surface area contributed by atoms with Gasteiger partial charge in [-0.1, -0.05) is 6.07 Å². The lowest BCUT2D eigenvalue weighted by Crippen LogP contribution is -1.72. The summed E-state index contributed by atoms with van der Waals surface area (Å²) < 4.78 is 0.780. The highest BCUT2D eigenvalue weighted by atomic mass is 79.9. The summed E-state index contributed by atoms with van der Waals surface area (Å²) in [6.45, 7) is 0. The fourth-order valence-corrected chi connectivity index (χ4v) is 1.91. The van der Waals surface area contributed by atoms with Crippen LogP contribution in [0.25, 0.3) is 0 Å². The van der Waals surface area contributed by atoms with Crippen molar-refractivity contribution in [3.63, 3.8) is 0 Å². The minimum absolute atomic E-state index is 0.298. The van der Waals surface area contributed by atoms with Crippen LogP contribution in [0.15, 0.2) is 27.6 Å². The van der Waals surface area contributed by atoms with Crippen molar-refractivity contribution in [3.8, 4) is 5.75 Å². The van der Waals surface area contributed by atoms with E-state index in [9.17, 15) is 5.11 Å². The van der Waals surface area contributed by atoms with Gasteiger partial charge in [0.05, 0.1) is 4.47 Å². The molecule has 1 nitrogen and oxygen atoms in total. The number of phenols is 1. The highest BCUT2D eigenvalue weighted by Crippen LogP contribution is 2.32. The number of aromatic hydroxyl groups is 1. The number of halogens is 1. The van der Waals surface area contributed by atoms with Gasteiger partial charge in [-0.15, -0.1) is 11.8 Å². The maximum Gasteiger partial charge on any atom is 0.130 e. The van der Waals surface area contributed by atoms with E-state index in [4.69, 9.17) is 0 Å². The Morgan fingerprint density at radius 3 is 2.70 bits per heavy atom. The minimum atomic E-state index is 0.298. The van der Waals surface area contributed by atoms with Crippen LogP contribution in [0.5, 0.6) is 5.75 Å². The van der Waals surface area contributed by atoms with E-state index in [1.807, 2.05) is 18.4 Å². The van der Waals surface area contributed by atoms with Gasteiger partial charge in [0, 0.05) is 4.90 Å². The lowest BCUT2D eigenvalue weighted by Gasteiger charge is -2.00. The standard InChI is InChI=1S/C7H7BrOS/c1-10-6-4-2-3-5(9)7(6)8/h2-4,9H,1H3. The van der Waals surface area contributed by atoms with Gasteiger partial charge in [0.1, 0.15) is 5.75 Å². The van der Waals surface area contributed by atoms with Crippen molar-refractivity contribution in [2.24, 2.45) is 0 Å². The average molecular weight is 219 g/mol. The molecule has 0 spiro atoms. The molecule has 1 aromatic rings. The molecule has 0 aromatic heterocycles. The first kappa shape index (κ1) is 7.95. The molecule has 0 heterocycles. The topological polar surface area (TPSA) is 20.2 Å². The number of benzene rings is 1. The van der Waals surface area contributed by atoms with Crippen molar-refractivity contribution in [1.82, 2.24) is 0 Å². The molecule has 0 unspecified atom stereocenters. The average Bonchev–Trinajstić information content (AvgIpc) is 1.95. The van der Waals surface area contributed by atoms with Gasteiger partial charge in [-0.2, -0.15) is 0 Å². The Labute approximate surface area is 72.6 Å². The molecule has 0 saturated heterocycles. The van der Waals surface area contributed by atoms with Gasteiger partial charge in [0.15, 0.2) is 0 Å². The predicted molar refractivity (Wildman–Crippen MR) is 47.6 cm³/mol. The second-order valence-electron chi connectivity index (χ2n) is 1.79. The largest absolute Gasteiger partial charge is 0.507 e. The number of hydrogen-bond acceptors (Lipinski definition) is 2. The quantitative estimate of drug-likeness (QED) is 0.733. The summed E-state index contributed by atoms with van der Waals surface area (Å²) in [5.74, 6) is 0.298. The Balaban J connectivity index is 3.14. The van der Waals surface area contributed by atoms with Gasteiger partial charge in [-0.3, -0.25) is 0 Å². The second-order valence-corrected chi connectivity index (χ2v) is 3.43. The molecule has 3 heteroatoms. The first-order chi connectivity index (χ1) is 4.75. The maximum atomic E-state index is 9.17. The van der Waals surface area contributed by atoms with Crippen LogP contribution in [0, 0.1) is 0 Å². The molecular weight excluding hydrogens is 212 g/mol. The number of hydrogen-bond donors (Lipinski definition) is 1. The minimum Gasteiger partial charge on any atom is -0.507 e. The van der Waals surface area contributed by atoms with Gasteiger partial charge in [-0.05, 0) is 34.3 Å².